The van der Waals surface area contributed by atoms with Gasteiger partial charge in [0.2, 0.25) is 5.91 Å². The molecule has 5 heterocycles. The highest BCUT2D eigenvalue weighted by Crippen LogP contribution is 2.35. The van der Waals surface area contributed by atoms with Crippen molar-refractivity contribution in [2.75, 3.05) is 44.2 Å². The highest BCUT2D eigenvalue weighted by atomic mass is 35.5. The summed E-state index contributed by atoms with van der Waals surface area (Å²) in [5, 5.41) is 17.6. The molecule has 5 aliphatic rings. The highest BCUT2D eigenvalue weighted by molar-refractivity contribution is 6.31. The number of rotatable bonds is 9. The van der Waals surface area contributed by atoms with Gasteiger partial charge in [-0.05, 0) is 86.4 Å². The number of primary amides is 1. The average Bonchev–Trinajstić information content (AvgIpc) is 3.54. The van der Waals surface area contributed by atoms with Gasteiger partial charge in [-0.1, -0.05) is 17.7 Å². The van der Waals surface area contributed by atoms with Crippen LogP contribution >= 0.6 is 11.6 Å². The van der Waals surface area contributed by atoms with Crippen LogP contribution in [0.3, 0.4) is 0 Å². The van der Waals surface area contributed by atoms with Crippen LogP contribution in [-0.2, 0) is 22.7 Å². The van der Waals surface area contributed by atoms with Crippen molar-refractivity contribution in [3.8, 4) is 11.8 Å². The van der Waals surface area contributed by atoms with E-state index in [-0.39, 0.29) is 48.7 Å². The summed E-state index contributed by atoms with van der Waals surface area (Å²) < 4.78 is 21.8. The quantitative estimate of drug-likeness (QED) is 0.312. The van der Waals surface area contributed by atoms with Crippen molar-refractivity contribution in [1.82, 2.24) is 29.8 Å². The van der Waals surface area contributed by atoms with Crippen molar-refractivity contribution in [2.24, 2.45) is 5.73 Å². The third-order valence-corrected chi connectivity index (χ3v) is 12.6. The number of aromatic nitrogens is 2. The van der Waals surface area contributed by atoms with Crippen LogP contribution in [0.2, 0.25) is 5.02 Å². The lowest BCUT2D eigenvalue weighted by Crippen LogP contribution is -2.58. The van der Waals surface area contributed by atoms with Crippen molar-refractivity contribution in [3.63, 3.8) is 0 Å². The number of carbonyl (C=O) groups is 4. The monoisotopic (exact) mass is 797 g/mol. The number of piperazine rings is 1. The van der Waals surface area contributed by atoms with Gasteiger partial charge in [-0.25, -0.2) is 4.39 Å². The molecular weight excluding hydrogens is 753 g/mol. The van der Waals surface area contributed by atoms with Gasteiger partial charge in [-0.3, -0.25) is 33.9 Å². The maximum absolute atomic E-state index is 15.7. The van der Waals surface area contributed by atoms with Gasteiger partial charge < -0.3 is 20.3 Å². The summed E-state index contributed by atoms with van der Waals surface area (Å²) in [5.74, 6) is -1.02. The summed E-state index contributed by atoms with van der Waals surface area (Å²) in [6.07, 6.45) is 4.55. The molecule has 0 radical (unpaired) electrons. The van der Waals surface area contributed by atoms with Gasteiger partial charge >= 0.3 is 0 Å². The third kappa shape index (κ3) is 8.03. The standard InChI is InChI=1S/C41H45ClFN9O5/c42-32-21-31(4-1-26(32)22-44)57-30-5-2-29(3-6-30)52-37(53)10-8-35(40(52)55)51-24-27-19-25(20-33(43)38(27)41(51)56)23-48-15-17-49(18-16-48)28-11-13-50(14-12-28)36-9-7-34(39(45)54)46-47-36/h1,4,7,9,19-21,28-30,35H,2-3,5-6,8,10-18,23-24H2,(H2,45,54). The second-order valence-corrected chi connectivity index (χ2v) is 16.1. The second kappa shape index (κ2) is 16.4. The Hall–Kier alpha value is -5.17. The van der Waals surface area contributed by atoms with Crippen LogP contribution < -0.4 is 15.4 Å². The number of hydrogen-bond acceptors (Lipinski definition) is 11. The topological polar surface area (TPSA) is 169 Å². The van der Waals surface area contributed by atoms with Crippen LogP contribution in [0.1, 0.15) is 88.9 Å². The van der Waals surface area contributed by atoms with Gasteiger partial charge in [0, 0.05) is 76.9 Å². The molecule has 8 rings (SSSR count). The van der Waals surface area contributed by atoms with E-state index in [0.29, 0.717) is 60.2 Å². The van der Waals surface area contributed by atoms with Crippen molar-refractivity contribution < 1.29 is 28.3 Å². The number of likely N-dealkylation sites (tertiary alicyclic amines) is 1. The van der Waals surface area contributed by atoms with Gasteiger partial charge in [0.05, 0.1) is 22.3 Å². The molecule has 4 aliphatic heterocycles. The molecule has 0 spiro atoms. The molecule has 1 saturated carbocycles. The number of fused-ring (bicyclic) bond motifs is 1. The van der Waals surface area contributed by atoms with Crippen molar-refractivity contribution in [2.45, 2.75) is 88.7 Å². The smallest absolute Gasteiger partial charge is 0.269 e. The van der Waals surface area contributed by atoms with E-state index in [1.165, 1.54) is 15.9 Å². The van der Waals surface area contributed by atoms with Gasteiger partial charge in [0.15, 0.2) is 11.5 Å². The van der Waals surface area contributed by atoms with Crippen LogP contribution in [0.4, 0.5) is 10.2 Å². The van der Waals surface area contributed by atoms with Gasteiger partial charge in [-0.2, -0.15) is 5.26 Å². The Morgan fingerprint density at radius 1 is 0.912 bits per heavy atom. The van der Waals surface area contributed by atoms with Crippen LogP contribution in [0.25, 0.3) is 0 Å². The lowest BCUT2D eigenvalue weighted by atomic mass is 9.89. The first-order chi connectivity index (χ1) is 27.6. The summed E-state index contributed by atoms with van der Waals surface area (Å²) in [7, 11) is 0. The predicted octanol–water partition coefficient (Wildman–Crippen LogP) is 3.89. The molecule has 1 aliphatic carbocycles. The second-order valence-electron chi connectivity index (χ2n) is 15.7. The fraction of sp³-hybridized carbons (Fsp3) is 0.488. The molecule has 16 heteroatoms. The van der Waals surface area contributed by atoms with Crippen molar-refractivity contribution >= 4 is 41.0 Å². The number of hydrogen-bond donors (Lipinski definition) is 1. The van der Waals surface area contributed by atoms with Gasteiger partial charge in [0.25, 0.3) is 17.7 Å². The van der Waals surface area contributed by atoms with Gasteiger partial charge in [-0.15, -0.1) is 10.2 Å². The number of anilines is 1. The molecule has 57 heavy (non-hydrogen) atoms. The number of benzene rings is 2. The van der Waals surface area contributed by atoms with E-state index in [9.17, 15) is 19.2 Å². The molecule has 14 nitrogen and oxygen atoms in total. The summed E-state index contributed by atoms with van der Waals surface area (Å²) in [4.78, 5) is 62.0. The number of imide groups is 1. The van der Waals surface area contributed by atoms with E-state index in [1.54, 1.807) is 30.3 Å². The van der Waals surface area contributed by atoms with Crippen molar-refractivity contribution in [3.05, 3.63) is 81.3 Å². The molecule has 4 fully saturated rings. The van der Waals surface area contributed by atoms with Crippen LogP contribution in [0.15, 0.2) is 42.5 Å². The Morgan fingerprint density at radius 3 is 2.33 bits per heavy atom. The zero-order valence-corrected chi connectivity index (χ0v) is 32.4. The molecule has 1 unspecified atom stereocenters. The highest BCUT2D eigenvalue weighted by Gasteiger charge is 2.46. The number of ether oxygens (including phenoxy) is 1. The zero-order valence-electron chi connectivity index (χ0n) is 31.6. The molecule has 0 bridgehead atoms. The van der Waals surface area contributed by atoms with E-state index >= 15 is 4.39 Å². The first-order valence-electron chi connectivity index (χ1n) is 19.8. The summed E-state index contributed by atoms with van der Waals surface area (Å²) in [5.41, 5.74) is 7.19. The molecule has 1 atom stereocenters. The number of nitrogens with zero attached hydrogens (tertiary/aromatic N) is 8. The molecule has 3 aromatic rings. The Labute approximate surface area is 335 Å². The average molecular weight is 798 g/mol. The lowest BCUT2D eigenvalue weighted by Gasteiger charge is -2.43. The SMILES string of the molecule is N#Cc1ccc(OC2CCC(N3C(=O)CCC(N4Cc5cc(CN6CCN(C7CCN(c8ccc(C(N)=O)nn8)CC7)CC6)cc(F)c5C4=O)C3=O)CC2)cc1Cl. The van der Waals surface area contributed by atoms with E-state index in [2.05, 4.69) is 24.9 Å². The minimum Gasteiger partial charge on any atom is -0.490 e. The first-order valence-corrected chi connectivity index (χ1v) is 20.1. The Kier molecular flexibility index (Phi) is 11.1. The van der Waals surface area contributed by atoms with E-state index in [1.807, 2.05) is 12.1 Å². The molecular formula is C41H45ClFN9O5. The van der Waals surface area contributed by atoms with Crippen molar-refractivity contribution in [1.29, 1.82) is 5.26 Å². The Bertz CT molecular complexity index is 2090. The number of piperidine rings is 2. The third-order valence-electron chi connectivity index (χ3n) is 12.2. The van der Waals surface area contributed by atoms with E-state index in [4.69, 9.17) is 27.3 Å². The summed E-state index contributed by atoms with van der Waals surface area (Å²) in [6.45, 7) is 5.84. The van der Waals surface area contributed by atoms with Crippen LogP contribution in [0, 0.1) is 17.1 Å². The summed E-state index contributed by atoms with van der Waals surface area (Å²) in [6, 6.07) is 13.0. The summed E-state index contributed by atoms with van der Waals surface area (Å²) >= 11 is 6.17. The predicted molar refractivity (Wildman–Crippen MR) is 207 cm³/mol. The molecule has 2 N–H and O–H groups in total. The first kappa shape index (κ1) is 38.7. The van der Waals surface area contributed by atoms with Crippen LogP contribution in [0.5, 0.6) is 5.75 Å². The number of amides is 4. The number of nitrogens with two attached hydrogens (primary N) is 1. The van der Waals surface area contributed by atoms with E-state index in [0.717, 1.165) is 63.5 Å². The maximum Gasteiger partial charge on any atom is 0.269 e. The number of nitriles is 1. The molecule has 298 valence electrons. The lowest BCUT2D eigenvalue weighted by molar-refractivity contribution is -0.156. The minimum atomic E-state index is -0.838. The van der Waals surface area contributed by atoms with E-state index < -0.39 is 29.6 Å². The Balaban J connectivity index is 0.831. The fourth-order valence-corrected chi connectivity index (χ4v) is 9.41. The molecule has 3 saturated heterocycles. The molecule has 2 aromatic carbocycles. The largest absolute Gasteiger partial charge is 0.490 e. The number of carbonyl (C=O) groups excluding carboxylic acids is 4. The Morgan fingerprint density at radius 2 is 1.67 bits per heavy atom. The molecule has 1 aromatic heterocycles. The normalized spacial score (nSPS) is 23.8. The fourth-order valence-electron chi connectivity index (χ4n) is 9.20. The molecule has 4 amide bonds. The minimum absolute atomic E-state index is 0.0153. The number of halogens is 2. The van der Waals surface area contributed by atoms with Crippen LogP contribution in [-0.4, -0.2) is 117 Å². The zero-order chi connectivity index (χ0) is 39.8. The maximum atomic E-state index is 15.7. The van der Waals surface area contributed by atoms with Gasteiger partial charge in [0.1, 0.15) is 23.7 Å².